The molecular weight excluding hydrogens is 240 g/mol. The smallest absolute Gasteiger partial charge is 0.337 e. The number of nitrogen functional groups attached to an aromatic ring is 1. The number of hydrogen-bond acceptors (Lipinski definition) is 3. The molecule has 1 aliphatic rings. The number of rotatable bonds is 3. The molecule has 0 aromatic heterocycles. The molecule has 4 nitrogen and oxygen atoms in total. The maximum atomic E-state index is 10.9. The fraction of sp³-hybridized carbons (Fsp3) is 0.533. The van der Waals surface area contributed by atoms with Crippen molar-refractivity contribution in [2.24, 2.45) is 11.8 Å². The van der Waals surface area contributed by atoms with E-state index in [-0.39, 0.29) is 5.56 Å². The number of carbonyl (C=O) groups is 1. The highest BCUT2D eigenvalue weighted by molar-refractivity contribution is 5.94. The average molecular weight is 262 g/mol. The van der Waals surface area contributed by atoms with Crippen molar-refractivity contribution in [3.63, 3.8) is 0 Å². The van der Waals surface area contributed by atoms with Gasteiger partial charge in [0.05, 0.1) is 5.56 Å². The summed E-state index contributed by atoms with van der Waals surface area (Å²) in [5.74, 6) is 0.566. The zero-order valence-electron chi connectivity index (χ0n) is 11.6. The van der Waals surface area contributed by atoms with Crippen molar-refractivity contribution in [3.05, 3.63) is 23.8 Å². The summed E-state index contributed by atoms with van der Waals surface area (Å²) in [5.41, 5.74) is 7.35. The molecule has 1 aromatic rings. The lowest BCUT2D eigenvalue weighted by atomic mass is 9.86. The number of benzene rings is 1. The normalized spacial score (nSPS) is 16.9. The van der Waals surface area contributed by atoms with Crippen molar-refractivity contribution in [3.8, 4) is 0 Å². The highest BCUT2D eigenvalue weighted by atomic mass is 16.4. The molecule has 1 heterocycles. The van der Waals surface area contributed by atoms with E-state index in [1.807, 2.05) is 6.07 Å². The van der Waals surface area contributed by atoms with E-state index in [1.54, 1.807) is 12.1 Å². The highest BCUT2D eigenvalue weighted by Crippen LogP contribution is 2.29. The van der Waals surface area contributed by atoms with Gasteiger partial charge in [-0.05, 0) is 42.9 Å². The van der Waals surface area contributed by atoms with E-state index in [9.17, 15) is 4.79 Å². The Hall–Kier alpha value is -1.71. The third kappa shape index (κ3) is 3.00. The zero-order chi connectivity index (χ0) is 14.0. The molecule has 0 amide bonds. The molecule has 0 saturated carbocycles. The molecule has 1 aliphatic heterocycles. The summed E-state index contributed by atoms with van der Waals surface area (Å²) >= 11 is 0. The van der Waals surface area contributed by atoms with Gasteiger partial charge in [0.1, 0.15) is 0 Å². The van der Waals surface area contributed by atoms with Gasteiger partial charge in [0, 0.05) is 24.5 Å². The second-order valence-corrected chi connectivity index (χ2v) is 5.65. The van der Waals surface area contributed by atoms with Gasteiger partial charge < -0.3 is 15.7 Å². The molecule has 1 aromatic carbocycles. The van der Waals surface area contributed by atoms with Crippen molar-refractivity contribution < 1.29 is 9.90 Å². The van der Waals surface area contributed by atoms with Crippen LogP contribution in [-0.4, -0.2) is 24.2 Å². The van der Waals surface area contributed by atoms with Gasteiger partial charge in [0.2, 0.25) is 0 Å². The summed E-state index contributed by atoms with van der Waals surface area (Å²) in [6, 6.07) is 5.23. The van der Waals surface area contributed by atoms with E-state index in [4.69, 9.17) is 10.8 Å². The average Bonchev–Trinajstić information content (AvgIpc) is 2.38. The van der Waals surface area contributed by atoms with Gasteiger partial charge in [0.15, 0.2) is 0 Å². The summed E-state index contributed by atoms with van der Waals surface area (Å²) in [4.78, 5) is 13.2. The minimum atomic E-state index is -0.970. The molecule has 104 valence electrons. The van der Waals surface area contributed by atoms with Gasteiger partial charge in [-0.25, -0.2) is 4.79 Å². The van der Waals surface area contributed by atoms with Crippen LogP contribution in [0.4, 0.5) is 11.4 Å². The Morgan fingerprint density at radius 3 is 2.47 bits per heavy atom. The lowest BCUT2D eigenvalue weighted by Crippen LogP contribution is -2.35. The van der Waals surface area contributed by atoms with E-state index >= 15 is 0 Å². The Labute approximate surface area is 114 Å². The first-order valence-corrected chi connectivity index (χ1v) is 6.87. The Morgan fingerprint density at radius 2 is 2.00 bits per heavy atom. The summed E-state index contributed by atoms with van der Waals surface area (Å²) in [7, 11) is 0. The van der Waals surface area contributed by atoms with Crippen molar-refractivity contribution in [1.29, 1.82) is 0 Å². The Kier molecular flexibility index (Phi) is 3.98. The Bertz CT molecular complexity index is 463. The first kappa shape index (κ1) is 13.7. The molecule has 3 N–H and O–H groups in total. The van der Waals surface area contributed by atoms with Crippen molar-refractivity contribution in [1.82, 2.24) is 0 Å². The third-order valence-electron chi connectivity index (χ3n) is 4.11. The van der Waals surface area contributed by atoms with Crippen molar-refractivity contribution >= 4 is 17.3 Å². The standard InChI is InChI=1S/C15H22N2O2/c1-10(2)11-5-7-17(8-6-11)12-3-4-13(15(18)19)14(16)9-12/h3-4,9-11H,5-8,16H2,1-2H3,(H,18,19). The van der Waals surface area contributed by atoms with Crippen LogP contribution in [0.1, 0.15) is 37.0 Å². The van der Waals surface area contributed by atoms with E-state index in [0.717, 1.165) is 30.6 Å². The highest BCUT2D eigenvalue weighted by Gasteiger charge is 2.22. The van der Waals surface area contributed by atoms with E-state index < -0.39 is 5.97 Å². The zero-order valence-corrected chi connectivity index (χ0v) is 11.6. The summed E-state index contributed by atoms with van der Waals surface area (Å²) < 4.78 is 0. The number of aromatic carboxylic acids is 1. The van der Waals surface area contributed by atoms with E-state index in [2.05, 4.69) is 18.7 Å². The maximum absolute atomic E-state index is 10.9. The topological polar surface area (TPSA) is 66.6 Å². The molecule has 0 atom stereocenters. The van der Waals surface area contributed by atoms with Gasteiger partial charge in [-0.15, -0.1) is 0 Å². The molecule has 0 unspecified atom stereocenters. The molecular formula is C15H22N2O2. The van der Waals surface area contributed by atoms with Crippen LogP contribution >= 0.6 is 0 Å². The van der Waals surface area contributed by atoms with E-state index in [1.165, 1.54) is 12.8 Å². The number of carboxylic acid groups (broad SMARTS) is 1. The van der Waals surface area contributed by atoms with Gasteiger partial charge in [-0.3, -0.25) is 0 Å². The molecule has 1 fully saturated rings. The monoisotopic (exact) mass is 262 g/mol. The van der Waals surface area contributed by atoms with Crippen LogP contribution < -0.4 is 10.6 Å². The second-order valence-electron chi connectivity index (χ2n) is 5.65. The number of nitrogens with zero attached hydrogens (tertiary/aromatic N) is 1. The first-order valence-electron chi connectivity index (χ1n) is 6.87. The Morgan fingerprint density at radius 1 is 1.37 bits per heavy atom. The van der Waals surface area contributed by atoms with Crippen LogP contribution in [0.3, 0.4) is 0 Å². The van der Waals surface area contributed by atoms with Crippen LogP contribution in [0.15, 0.2) is 18.2 Å². The van der Waals surface area contributed by atoms with Gasteiger partial charge in [-0.1, -0.05) is 13.8 Å². The molecule has 4 heteroatoms. The summed E-state index contributed by atoms with van der Waals surface area (Å²) in [6.07, 6.45) is 2.39. The number of carboxylic acids is 1. The van der Waals surface area contributed by atoms with Crippen molar-refractivity contribution in [2.45, 2.75) is 26.7 Å². The van der Waals surface area contributed by atoms with Gasteiger partial charge in [-0.2, -0.15) is 0 Å². The van der Waals surface area contributed by atoms with Crippen LogP contribution in [0.5, 0.6) is 0 Å². The number of anilines is 2. The van der Waals surface area contributed by atoms with Crippen LogP contribution in [0.2, 0.25) is 0 Å². The first-order chi connectivity index (χ1) is 8.99. The number of hydrogen-bond donors (Lipinski definition) is 2. The van der Waals surface area contributed by atoms with Gasteiger partial charge >= 0.3 is 5.97 Å². The predicted molar refractivity (Wildman–Crippen MR) is 77.6 cm³/mol. The third-order valence-corrected chi connectivity index (χ3v) is 4.11. The molecule has 0 spiro atoms. The minimum absolute atomic E-state index is 0.181. The minimum Gasteiger partial charge on any atom is -0.478 e. The van der Waals surface area contributed by atoms with E-state index in [0.29, 0.717) is 5.69 Å². The molecule has 19 heavy (non-hydrogen) atoms. The lowest BCUT2D eigenvalue weighted by molar-refractivity contribution is 0.0698. The largest absolute Gasteiger partial charge is 0.478 e. The number of nitrogens with two attached hydrogens (primary N) is 1. The van der Waals surface area contributed by atoms with Crippen molar-refractivity contribution in [2.75, 3.05) is 23.7 Å². The Balaban J connectivity index is 2.08. The number of piperidine rings is 1. The molecule has 0 radical (unpaired) electrons. The molecule has 0 aliphatic carbocycles. The molecule has 0 bridgehead atoms. The predicted octanol–water partition coefficient (Wildman–Crippen LogP) is 2.84. The SMILES string of the molecule is CC(C)C1CCN(c2ccc(C(=O)O)c(N)c2)CC1. The molecule has 1 saturated heterocycles. The van der Waals surface area contributed by atoms with Gasteiger partial charge in [0.25, 0.3) is 0 Å². The fourth-order valence-electron chi connectivity index (χ4n) is 2.77. The molecule has 2 rings (SSSR count). The van der Waals surface area contributed by atoms with Crippen LogP contribution in [0.25, 0.3) is 0 Å². The quantitative estimate of drug-likeness (QED) is 0.822. The lowest BCUT2D eigenvalue weighted by Gasteiger charge is -2.35. The fourth-order valence-corrected chi connectivity index (χ4v) is 2.77. The summed E-state index contributed by atoms with van der Waals surface area (Å²) in [5, 5.41) is 8.97. The maximum Gasteiger partial charge on any atom is 0.337 e. The van der Waals surface area contributed by atoms with Crippen LogP contribution in [-0.2, 0) is 0 Å². The van der Waals surface area contributed by atoms with Crippen LogP contribution in [0, 0.1) is 11.8 Å². The summed E-state index contributed by atoms with van der Waals surface area (Å²) in [6.45, 7) is 6.60. The second kappa shape index (κ2) is 5.51.